The van der Waals surface area contributed by atoms with Crippen molar-refractivity contribution in [3.63, 3.8) is 0 Å². The summed E-state index contributed by atoms with van der Waals surface area (Å²) < 4.78 is 10.6. The third-order valence-electron chi connectivity index (χ3n) is 2.28. The first kappa shape index (κ1) is 12.1. The van der Waals surface area contributed by atoms with Crippen LogP contribution in [0.3, 0.4) is 0 Å². The van der Waals surface area contributed by atoms with Gasteiger partial charge in [0.05, 0.1) is 6.61 Å². The molecule has 0 saturated heterocycles. The Morgan fingerprint density at radius 1 is 0.933 bits per heavy atom. The maximum absolute atomic E-state index is 5.60. The van der Waals surface area contributed by atoms with Crippen LogP contribution in [-0.2, 0) is 4.74 Å². The lowest BCUT2D eigenvalue weighted by Crippen LogP contribution is -1.98. The molecule has 0 saturated carbocycles. The fraction of sp³-hybridized carbons (Fsp3) is 0.538. The SMILES string of the molecule is COCCCCCOc1ccc(C)cc1. The highest BCUT2D eigenvalue weighted by Crippen LogP contribution is 2.11. The van der Waals surface area contributed by atoms with E-state index in [4.69, 9.17) is 9.47 Å². The van der Waals surface area contributed by atoms with Gasteiger partial charge < -0.3 is 9.47 Å². The second kappa shape index (κ2) is 7.30. The number of ether oxygens (including phenoxy) is 2. The molecule has 0 spiro atoms. The summed E-state index contributed by atoms with van der Waals surface area (Å²) in [6.07, 6.45) is 3.38. The first-order valence-corrected chi connectivity index (χ1v) is 5.51. The van der Waals surface area contributed by atoms with Crippen LogP contribution in [-0.4, -0.2) is 20.3 Å². The Labute approximate surface area is 92.2 Å². The van der Waals surface area contributed by atoms with Crippen LogP contribution in [0.15, 0.2) is 24.3 Å². The predicted octanol–water partition coefficient (Wildman–Crippen LogP) is 3.19. The first-order valence-electron chi connectivity index (χ1n) is 5.51. The van der Waals surface area contributed by atoms with E-state index in [1.807, 2.05) is 12.1 Å². The maximum Gasteiger partial charge on any atom is 0.119 e. The van der Waals surface area contributed by atoms with E-state index in [-0.39, 0.29) is 0 Å². The summed E-state index contributed by atoms with van der Waals surface area (Å²) >= 11 is 0. The Bertz CT molecular complexity index is 254. The smallest absolute Gasteiger partial charge is 0.119 e. The average Bonchev–Trinajstić information content (AvgIpc) is 2.26. The van der Waals surface area contributed by atoms with Crippen LogP contribution < -0.4 is 4.74 Å². The summed E-state index contributed by atoms with van der Waals surface area (Å²) in [6.45, 7) is 3.73. The molecule has 0 aliphatic rings. The fourth-order valence-corrected chi connectivity index (χ4v) is 1.35. The summed E-state index contributed by atoms with van der Waals surface area (Å²) in [6, 6.07) is 8.18. The molecular formula is C13H20O2. The molecule has 1 rings (SSSR count). The number of aryl methyl sites for hydroxylation is 1. The van der Waals surface area contributed by atoms with Gasteiger partial charge >= 0.3 is 0 Å². The van der Waals surface area contributed by atoms with Crippen LogP contribution in [0.4, 0.5) is 0 Å². The van der Waals surface area contributed by atoms with E-state index in [0.717, 1.165) is 31.8 Å². The van der Waals surface area contributed by atoms with Gasteiger partial charge in [0.25, 0.3) is 0 Å². The Kier molecular flexibility index (Phi) is 5.86. The minimum absolute atomic E-state index is 0.798. The third kappa shape index (κ3) is 5.43. The number of unbranched alkanes of at least 4 members (excludes halogenated alkanes) is 2. The zero-order valence-electron chi connectivity index (χ0n) is 9.66. The number of rotatable bonds is 7. The van der Waals surface area contributed by atoms with Crippen molar-refractivity contribution in [3.05, 3.63) is 29.8 Å². The summed E-state index contributed by atoms with van der Waals surface area (Å²) in [5.74, 6) is 0.965. The standard InChI is InChI=1S/C13H20O2/c1-12-6-8-13(9-7-12)15-11-5-3-4-10-14-2/h6-9H,3-5,10-11H2,1-2H3. The van der Waals surface area contributed by atoms with Crippen molar-refractivity contribution in [2.75, 3.05) is 20.3 Å². The molecule has 0 N–H and O–H groups in total. The number of benzene rings is 1. The Morgan fingerprint density at radius 3 is 2.27 bits per heavy atom. The summed E-state index contributed by atoms with van der Waals surface area (Å²) in [4.78, 5) is 0. The molecule has 0 fully saturated rings. The predicted molar refractivity (Wildman–Crippen MR) is 62.4 cm³/mol. The molecule has 1 aromatic rings. The van der Waals surface area contributed by atoms with Crippen molar-refractivity contribution in [3.8, 4) is 5.75 Å². The van der Waals surface area contributed by atoms with E-state index in [1.165, 1.54) is 12.0 Å². The van der Waals surface area contributed by atoms with Crippen LogP contribution in [0.2, 0.25) is 0 Å². The van der Waals surface area contributed by atoms with Gasteiger partial charge in [0.15, 0.2) is 0 Å². The van der Waals surface area contributed by atoms with Crippen molar-refractivity contribution in [1.82, 2.24) is 0 Å². The van der Waals surface area contributed by atoms with Crippen molar-refractivity contribution < 1.29 is 9.47 Å². The highest BCUT2D eigenvalue weighted by atomic mass is 16.5. The Balaban J connectivity index is 2.07. The molecule has 2 heteroatoms. The minimum atomic E-state index is 0.798. The molecule has 0 radical (unpaired) electrons. The quantitative estimate of drug-likeness (QED) is 0.641. The molecule has 0 unspecified atom stereocenters. The van der Waals surface area contributed by atoms with Gasteiger partial charge in [-0.05, 0) is 38.3 Å². The lowest BCUT2D eigenvalue weighted by atomic mass is 10.2. The number of methoxy groups -OCH3 is 1. The van der Waals surface area contributed by atoms with Gasteiger partial charge in [-0.2, -0.15) is 0 Å². The van der Waals surface area contributed by atoms with Crippen molar-refractivity contribution in [2.45, 2.75) is 26.2 Å². The molecule has 15 heavy (non-hydrogen) atoms. The van der Waals surface area contributed by atoms with Crippen LogP contribution >= 0.6 is 0 Å². The zero-order chi connectivity index (χ0) is 10.9. The highest BCUT2D eigenvalue weighted by Gasteiger charge is 1.93. The summed E-state index contributed by atoms with van der Waals surface area (Å²) in [5.41, 5.74) is 1.27. The monoisotopic (exact) mass is 208 g/mol. The van der Waals surface area contributed by atoms with E-state index < -0.39 is 0 Å². The summed E-state index contributed by atoms with van der Waals surface area (Å²) in [7, 11) is 1.74. The minimum Gasteiger partial charge on any atom is -0.494 e. The van der Waals surface area contributed by atoms with E-state index in [0.29, 0.717) is 0 Å². The maximum atomic E-state index is 5.60. The molecule has 2 nitrogen and oxygen atoms in total. The second-order valence-electron chi connectivity index (χ2n) is 3.71. The molecule has 1 aromatic carbocycles. The molecule has 0 aromatic heterocycles. The van der Waals surface area contributed by atoms with Crippen molar-refractivity contribution in [2.24, 2.45) is 0 Å². The van der Waals surface area contributed by atoms with Crippen LogP contribution in [0.1, 0.15) is 24.8 Å². The molecule has 0 aliphatic heterocycles. The Morgan fingerprint density at radius 2 is 1.60 bits per heavy atom. The van der Waals surface area contributed by atoms with Crippen LogP contribution in [0.25, 0.3) is 0 Å². The molecule has 0 heterocycles. The van der Waals surface area contributed by atoms with E-state index in [1.54, 1.807) is 7.11 Å². The molecule has 0 amide bonds. The molecule has 0 bridgehead atoms. The summed E-state index contributed by atoms with van der Waals surface area (Å²) in [5, 5.41) is 0. The van der Waals surface area contributed by atoms with Crippen molar-refractivity contribution >= 4 is 0 Å². The van der Waals surface area contributed by atoms with E-state index in [9.17, 15) is 0 Å². The van der Waals surface area contributed by atoms with E-state index >= 15 is 0 Å². The average molecular weight is 208 g/mol. The van der Waals surface area contributed by atoms with Crippen LogP contribution in [0, 0.1) is 6.92 Å². The molecular weight excluding hydrogens is 188 g/mol. The molecule has 0 atom stereocenters. The largest absolute Gasteiger partial charge is 0.494 e. The van der Waals surface area contributed by atoms with Gasteiger partial charge in [-0.25, -0.2) is 0 Å². The molecule has 0 aliphatic carbocycles. The lowest BCUT2D eigenvalue weighted by molar-refractivity contribution is 0.189. The van der Waals surface area contributed by atoms with Gasteiger partial charge in [0.1, 0.15) is 5.75 Å². The second-order valence-corrected chi connectivity index (χ2v) is 3.71. The van der Waals surface area contributed by atoms with Gasteiger partial charge in [0, 0.05) is 13.7 Å². The van der Waals surface area contributed by atoms with Gasteiger partial charge in [-0.1, -0.05) is 17.7 Å². The number of hydrogen-bond donors (Lipinski definition) is 0. The topological polar surface area (TPSA) is 18.5 Å². The zero-order valence-corrected chi connectivity index (χ0v) is 9.66. The van der Waals surface area contributed by atoms with Crippen LogP contribution in [0.5, 0.6) is 5.75 Å². The van der Waals surface area contributed by atoms with Crippen molar-refractivity contribution in [1.29, 1.82) is 0 Å². The molecule has 84 valence electrons. The third-order valence-corrected chi connectivity index (χ3v) is 2.28. The normalized spacial score (nSPS) is 10.3. The van der Waals surface area contributed by atoms with Gasteiger partial charge in [-0.3, -0.25) is 0 Å². The number of hydrogen-bond acceptors (Lipinski definition) is 2. The lowest BCUT2D eigenvalue weighted by Gasteiger charge is -2.05. The first-order chi connectivity index (χ1) is 7.33. The van der Waals surface area contributed by atoms with Gasteiger partial charge in [-0.15, -0.1) is 0 Å². The Hall–Kier alpha value is -1.02. The highest BCUT2D eigenvalue weighted by molar-refractivity contribution is 5.26. The van der Waals surface area contributed by atoms with E-state index in [2.05, 4.69) is 19.1 Å². The van der Waals surface area contributed by atoms with Gasteiger partial charge in [0.2, 0.25) is 0 Å². The fourth-order valence-electron chi connectivity index (χ4n) is 1.35.